The Morgan fingerprint density at radius 1 is 0.964 bits per heavy atom. The van der Waals surface area contributed by atoms with Crippen LogP contribution in [0.25, 0.3) is 5.65 Å². The highest BCUT2D eigenvalue weighted by Gasteiger charge is 2.21. The molecule has 0 spiro atoms. The van der Waals surface area contributed by atoms with E-state index in [9.17, 15) is 4.79 Å². The third kappa shape index (κ3) is 4.09. The fourth-order valence-corrected chi connectivity index (χ4v) is 3.42. The summed E-state index contributed by atoms with van der Waals surface area (Å²) >= 11 is 0. The first kappa shape index (κ1) is 17.9. The molecule has 4 aromatic rings. The van der Waals surface area contributed by atoms with Gasteiger partial charge in [0.1, 0.15) is 5.65 Å². The van der Waals surface area contributed by atoms with Gasteiger partial charge in [-0.05, 0) is 29.8 Å². The van der Waals surface area contributed by atoms with Crippen LogP contribution in [0, 0.1) is 0 Å². The first-order chi connectivity index (χ1) is 13.8. The van der Waals surface area contributed by atoms with Crippen LogP contribution in [0.3, 0.4) is 0 Å². The van der Waals surface area contributed by atoms with Crippen molar-refractivity contribution in [2.75, 3.05) is 6.54 Å². The van der Waals surface area contributed by atoms with Gasteiger partial charge in [-0.1, -0.05) is 42.5 Å². The lowest BCUT2D eigenvalue weighted by molar-refractivity contribution is -0.121. The molecule has 5 heteroatoms. The van der Waals surface area contributed by atoms with Crippen molar-refractivity contribution < 1.29 is 4.79 Å². The Labute approximate surface area is 164 Å². The zero-order valence-electron chi connectivity index (χ0n) is 15.5. The van der Waals surface area contributed by atoms with Gasteiger partial charge in [-0.3, -0.25) is 9.78 Å². The van der Waals surface area contributed by atoms with Crippen molar-refractivity contribution in [3.8, 4) is 0 Å². The Bertz CT molecular complexity index is 1040. The van der Waals surface area contributed by atoms with E-state index >= 15 is 0 Å². The number of amides is 1. The number of pyridine rings is 2. The number of fused-ring (bicyclic) bond motifs is 1. The summed E-state index contributed by atoms with van der Waals surface area (Å²) in [7, 11) is 0. The summed E-state index contributed by atoms with van der Waals surface area (Å²) in [5.74, 6) is -0.0379. The van der Waals surface area contributed by atoms with E-state index in [2.05, 4.69) is 31.8 Å². The number of rotatable bonds is 7. The van der Waals surface area contributed by atoms with E-state index in [0.717, 1.165) is 29.0 Å². The first-order valence-corrected chi connectivity index (χ1v) is 9.45. The van der Waals surface area contributed by atoms with Gasteiger partial charge < -0.3 is 9.72 Å². The van der Waals surface area contributed by atoms with Crippen LogP contribution in [0.1, 0.15) is 29.3 Å². The molecule has 0 bridgehead atoms. The van der Waals surface area contributed by atoms with Crippen LogP contribution in [-0.2, 0) is 11.2 Å². The molecule has 1 unspecified atom stereocenters. The number of hydrogen-bond acceptors (Lipinski definition) is 3. The maximum atomic E-state index is 12.7. The number of benzene rings is 1. The Balaban J connectivity index is 1.51. The van der Waals surface area contributed by atoms with Crippen molar-refractivity contribution in [3.05, 3.63) is 102 Å². The molecule has 4 rings (SSSR count). The molecule has 3 heterocycles. The highest BCUT2D eigenvalue weighted by Crippen LogP contribution is 2.28. The van der Waals surface area contributed by atoms with Gasteiger partial charge >= 0.3 is 0 Å². The molecule has 1 atom stereocenters. The van der Waals surface area contributed by atoms with Crippen LogP contribution in [0.15, 0.2) is 85.3 Å². The zero-order chi connectivity index (χ0) is 19.2. The molecular formula is C23H22N4O. The van der Waals surface area contributed by atoms with Crippen molar-refractivity contribution >= 4 is 11.6 Å². The van der Waals surface area contributed by atoms with Gasteiger partial charge in [0, 0.05) is 49.6 Å². The van der Waals surface area contributed by atoms with E-state index in [-0.39, 0.29) is 11.8 Å². The molecule has 1 amide bonds. The van der Waals surface area contributed by atoms with Gasteiger partial charge in [-0.2, -0.15) is 0 Å². The van der Waals surface area contributed by atoms with Crippen molar-refractivity contribution in [2.45, 2.75) is 18.8 Å². The molecule has 0 aliphatic heterocycles. The van der Waals surface area contributed by atoms with Gasteiger partial charge in [0.2, 0.25) is 5.91 Å². The first-order valence-electron chi connectivity index (χ1n) is 9.45. The third-order valence-electron chi connectivity index (χ3n) is 4.82. The predicted octanol–water partition coefficient (Wildman–Crippen LogP) is 3.61. The summed E-state index contributed by atoms with van der Waals surface area (Å²) in [6.07, 6.45) is 6.72. The largest absolute Gasteiger partial charge is 0.356 e. The highest BCUT2D eigenvalue weighted by molar-refractivity contribution is 5.77. The Morgan fingerprint density at radius 3 is 2.61 bits per heavy atom. The summed E-state index contributed by atoms with van der Waals surface area (Å²) in [6, 6.07) is 21.9. The molecule has 140 valence electrons. The monoisotopic (exact) mass is 370 g/mol. The normalized spacial score (nSPS) is 12.0. The topological polar surface area (TPSA) is 59.3 Å². The van der Waals surface area contributed by atoms with E-state index in [1.54, 1.807) is 6.20 Å². The van der Waals surface area contributed by atoms with E-state index in [1.807, 2.05) is 67.0 Å². The van der Waals surface area contributed by atoms with Crippen LogP contribution < -0.4 is 5.32 Å². The second kappa shape index (κ2) is 8.48. The molecule has 1 N–H and O–H groups in total. The minimum atomic E-state index is -0.0616. The maximum absolute atomic E-state index is 12.7. The number of aromatic nitrogens is 3. The molecule has 0 saturated heterocycles. The van der Waals surface area contributed by atoms with Crippen LogP contribution in [0.4, 0.5) is 0 Å². The Kier molecular flexibility index (Phi) is 5.43. The smallest absolute Gasteiger partial charge is 0.221 e. The summed E-state index contributed by atoms with van der Waals surface area (Å²) in [5.41, 5.74) is 3.98. The number of carbonyl (C=O) groups excluding carboxylic acids is 1. The zero-order valence-corrected chi connectivity index (χ0v) is 15.5. The van der Waals surface area contributed by atoms with Crippen LogP contribution in [0.5, 0.6) is 0 Å². The summed E-state index contributed by atoms with van der Waals surface area (Å²) in [4.78, 5) is 21.5. The van der Waals surface area contributed by atoms with E-state index in [1.165, 1.54) is 0 Å². The molecule has 0 fully saturated rings. The minimum Gasteiger partial charge on any atom is -0.356 e. The second-order valence-corrected chi connectivity index (χ2v) is 6.70. The van der Waals surface area contributed by atoms with Gasteiger partial charge in [-0.25, -0.2) is 4.98 Å². The molecule has 0 aliphatic rings. The number of hydrogen-bond donors (Lipinski definition) is 1. The highest BCUT2D eigenvalue weighted by atomic mass is 16.1. The van der Waals surface area contributed by atoms with Crippen molar-refractivity contribution in [1.82, 2.24) is 19.7 Å². The van der Waals surface area contributed by atoms with Gasteiger partial charge in [0.15, 0.2) is 0 Å². The average Bonchev–Trinajstić information content (AvgIpc) is 3.17. The third-order valence-corrected chi connectivity index (χ3v) is 4.82. The SMILES string of the molecule is O=C(CC(c1ccccc1)c1cnc2ccccn12)NCCc1ccccn1. The molecular weight excluding hydrogens is 348 g/mol. The van der Waals surface area contributed by atoms with Crippen molar-refractivity contribution in [1.29, 1.82) is 0 Å². The lowest BCUT2D eigenvalue weighted by Gasteiger charge is -2.17. The number of imidazole rings is 1. The molecule has 28 heavy (non-hydrogen) atoms. The van der Waals surface area contributed by atoms with Crippen molar-refractivity contribution in [2.24, 2.45) is 0 Å². The standard InChI is InChI=1S/C23H22N4O/c28-23(25-14-12-19-10-4-6-13-24-19)16-20(18-8-2-1-3-9-18)21-17-26-22-11-5-7-15-27(21)22/h1-11,13,15,17,20H,12,14,16H2,(H,25,28). The molecule has 3 aromatic heterocycles. The van der Waals surface area contributed by atoms with E-state index < -0.39 is 0 Å². The van der Waals surface area contributed by atoms with Gasteiger partial charge in [-0.15, -0.1) is 0 Å². The lowest BCUT2D eigenvalue weighted by atomic mass is 9.92. The number of nitrogens with one attached hydrogen (secondary N) is 1. The molecule has 0 radical (unpaired) electrons. The molecule has 1 aromatic carbocycles. The fraction of sp³-hybridized carbons (Fsp3) is 0.174. The maximum Gasteiger partial charge on any atom is 0.221 e. The van der Waals surface area contributed by atoms with Crippen LogP contribution in [0.2, 0.25) is 0 Å². The van der Waals surface area contributed by atoms with E-state index in [4.69, 9.17) is 0 Å². The van der Waals surface area contributed by atoms with Crippen LogP contribution in [-0.4, -0.2) is 26.8 Å². The molecule has 5 nitrogen and oxygen atoms in total. The quantitative estimate of drug-likeness (QED) is 0.541. The Hall–Kier alpha value is -3.47. The summed E-state index contributed by atoms with van der Waals surface area (Å²) < 4.78 is 2.05. The average molecular weight is 370 g/mol. The van der Waals surface area contributed by atoms with E-state index in [0.29, 0.717) is 13.0 Å². The summed E-state index contributed by atoms with van der Waals surface area (Å²) in [6.45, 7) is 0.574. The Morgan fingerprint density at radius 2 is 1.79 bits per heavy atom. The van der Waals surface area contributed by atoms with Crippen LogP contribution >= 0.6 is 0 Å². The summed E-state index contributed by atoms with van der Waals surface area (Å²) in [5, 5.41) is 3.03. The lowest BCUT2D eigenvalue weighted by Crippen LogP contribution is -2.27. The molecule has 0 saturated carbocycles. The minimum absolute atomic E-state index is 0.0238. The fourth-order valence-electron chi connectivity index (χ4n) is 3.42. The number of nitrogens with zero attached hydrogens (tertiary/aromatic N) is 3. The predicted molar refractivity (Wildman–Crippen MR) is 109 cm³/mol. The second-order valence-electron chi connectivity index (χ2n) is 6.70. The van der Waals surface area contributed by atoms with Gasteiger partial charge in [0.25, 0.3) is 0 Å². The molecule has 0 aliphatic carbocycles. The van der Waals surface area contributed by atoms with Crippen molar-refractivity contribution in [3.63, 3.8) is 0 Å². The van der Waals surface area contributed by atoms with Gasteiger partial charge in [0.05, 0.1) is 5.69 Å². The number of carbonyl (C=O) groups is 1.